The van der Waals surface area contributed by atoms with Crippen LogP contribution < -0.4 is 4.90 Å². The molecule has 2 aromatic heterocycles. The van der Waals surface area contributed by atoms with E-state index in [1.165, 1.54) is 38.5 Å². The molecule has 0 aliphatic carbocycles. The third-order valence-corrected chi connectivity index (χ3v) is 5.26. The van der Waals surface area contributed by atoms with E-state index >= 15 is 0 Å². The van der Waals surface area contributed by atoms with E-state index in [-0.39, 0.29) is 5.91 Å². The fourth-order valence-electron chi connectivity index (χ4n) is 3.80. The second-order valence-electron chi connectivity index (χ2n) is 7.09. The molecule has 2 saturated heterocycles. The highest BCUT2D eigenvalue weighted by Gasteiger charge is 2.23. The lowest BCUT2D eigenvalue weighted by molar-refractivity contribution is 0.0746. The van der Waals surface area contributed by atoms with Gasteiger partial charge in [0.05, 0.1) is 0 Å². The van der Waals surface area contributed by atoms with Crippen molar-refractivity contribution in [2.45, 2.75) is 51.4 Å². The highest BCUT2D eigenvalue weighted by atomic mass is 16.2. The number of carbonyl (C=O) groups excluding carboxylic acids is 1. The standard InChI is InChI=1S/C18H26N6O/c25-18(23-13-7-3-4-8-14-23)17-20-19-15-9-10-16(21-24(15)17)22-11-5-1-2-6-12-22/h9-10H,1-8,11-14H2. The van der Waals surface area contributed by atoms with Gasteiger partial charge in [-0.15, -0.1) is 15.3 Å². The number of carbonyl (C=O) groups is 1. The normalized spacial score (nSPS) is 19.7. The third kappa shape index (κ3) is 3.45. The monoisotopic (exact) mass is 342 g/mol. The lowest BCUT2D eigenvalue weighted by atomic mass is 10.2. The van der Waals surface area contributed by atoms with Crippen molar-refractivity contribution < 1.29 is 4.79 Å². The lowest BCUT2D eigenvalue weighted by Crippen LogP contribution is -2.33. The van der Waals surface area contributed by atoms with Crippen LogP contribution in [0.25, 0.3) is 5.65 Å². The average molecular weight is 342 g/mol. The van der Waals surface area contributed by atoms with E-state index in [1.54, 1.807) is 4.52 Å². The Balaban J connectivity index is 1.62. The zero-order valence-corrected chi connectivity index (χ0v) is 14.7. The van der Waals surface area contributed by atoms with E-state index < -0.39 is 0 Å². The molecular weight excluding hydrogens is 316 g/mol. The lowest BCUT2D eigenvalue weighted by Gasteiger charge is -2.21. The van der Waals surface area contributed by atoms with Crippen molar-refractivity contribution in [1.29, 1.82) is 0 Å². The van der Waals surface area contributed by atoms with Crippen LogP contribution in [0.2, 0.25) is 0 Å². The van der Waals surface area contributed by atoms with Crippen LogP contribution in [-0.4, -0.2) is 56.8 Å². The summed E-state index contributed by atoms with van der Waals surface area (Å²) in [6.45, 7) is 3.66. The Morgan fingerprint density at radius 2 is 1.44 bits per heavy atom. The van der Waals surface area contributed by atoms with Crippen molar-refractivity contribution in [3.63, 3.8) is 0 Å². The van der Waals surface area contributed by atoms with Crippen LogP contribution in [0.3, 0.4) is 0 Å². The molecule has 0 N–H and O–H groups in total. The topological polar surface area (TPSA) is 66.6 Å². The van der Waals surface area contributed by atoms with E-state index in [0.717, 1.165) is 44.8 Å². The minimum Gasteiger partial charge on any atom is -0.355 e. The van der Waals surface area contributed by atoms with E-state index in [0.29, 0.717) is 11.5 Å². The first-order chi connectivity index (χ1) is 12.3. The van der Waals surface area contributed by atoms with Crippen LogP contribution in [0.5, 0.6) is 0 Å². The molecule has 2 fully saturated rings. The fourth-order valence-corrected chi connectivity index (χ4v) is 3.80. The van der Waals surface area contributed by atoms with Crippen molar-refractivity contribution in [3.8, 4) is 0 Å². The Bertz CT molecular complexity index is 726. The Labute approximate surface area is 148 Å². The number of nitrogens with zero attached hydrogens (tertiary/aromatic N) is 6. The van der Waals surface area contributed by atoms with Gasteiger partial charge in [-0.25, -0.2) is 0 Å². The summed E-state index contributed by atoms with van der Waals surface area (Å²) in [6.07, 6.45) is 9.48. The van der Waals surface area contributed by atoms with Crippen molar-refractivity contribution in [1.82, 2.24) is 24.7 Å². The maximum Gasteiger partial charge on any atom is 0.293 e. The quantitative estimate of drug-likeness (QED) is 0.839. The molecule has 1 amide bonds. The Morgan fingerprint density at radius 3 is 2.12 bits per heavy atom. The predicted molar refractivity (Wildman–Crippen MR) is 95.8 cm³/mol. The van der Waals surface area contributed by atoms with Crippen molar-refractivity contribution in [2.75, 3.05) is 31.1 Å². The number of rotatable bonds is 2. The first kappa shape index (κ1) is 16.3. The second-order valence-corrected chi connectivity index (χ2v) is 7.09. The molecule has 0 atom stereocenters. The van der Waals surface area contributed by atoms with E-state index in [9.17, 15) is 4.79 Å². The first-order valence-corrected chi connectivity index (χ1v) is 9.59. The summed E-state index contributed by atoms with van der Waals surface area (Å²) in [5.74, 6) is 1.21. The molecule has 7 heteroatoms. The van der Waals surface area contributed by atoms with Gasteiger partial charge in [-0.2, -0.15) is 4.52 Å². The number of fused-ring (bicyclic) bond motifs is 1. The van der Waals surface area contributed by atoms with E-state index in [1.807, 2.05) is 17.0 Å². The summed E-state index contributed by atoms with van der Waals surface area (Å²) in [5, 5.41) is 13.0. The van der Waals surface area contributed by atoms with Gasteiger partial charge >= 0.3 is 0 Å². The molecule has 0 saturated carbocycles. The molecule has 25 heavy (non-hydrogen) atoms. The van der Waals surface area contributed by atoms with Gasteiger partial charge in [0.2, 0.25) is 5.82 Å². The third-order valence-electron chi connectivity index (χ3n) is 5.26. The van der Waals surface area contributed by atoms with Gasteiger partial charge in [-0.05, 0) is 37.8 Å². The fraction of sp³-hybridized carbons (Fsp3) is 0.667. The van der Waals surface area contributed by atoms with Gasteiger partial charge in [0, 0.05) is 26.2 Å². The van der Waals surface area contributed by atoms with Gasteiger partial charge < -0.3 is 9.80 Å². The van der Waals surface area contributed by atoms with Gasteiger partial charge in [0.1, 0.15) is 5.82 Å². The summed E-state index contributed by atoms with van der Waals surface area (Å²) in [5.41, 5.74) is 0.636. The van der Waals surface area contributed by atoms with E-state index in [2.05, 4.69) is 15.1 Å². The molecule has 2 aromatic rings. The molecule has 2 aliphatic heterocycles. The number of likely N-dealkylation sites (tertiary alicyclic amines) is 1. The SMILES string of the molecule is O=C(c1nnc2ccc(N3CCCCCC3)nn12)N1CCCCCC1. The largest absolute Gasteiger partial charge is 0.355 e. The molecule has 0 aromatic carbocycles. The number of hydrogen-bond donors (Lipinski definition) is 0. The second kappa shape index (κ2) is 7.37. The molecule has 4 rings (SSSR count). The number of hydrogen-bond acceptors (Lipinski definition) is 5. The first-order valence-electron chi connectivity index (χ1n) is 9.59. The molecule has 0 spiro atoms. The summed E-state index contributed by atoms with van der Waals surface area (Å²) >= 11 is 0. The molecule has 2 aliphatic rings. The van der Waals surface area contributed by atoms with E-state index in [4.69, 9.17) is 5.10 Å². The minimum absolute atomic E-state index is 0.0464. The molecule has 4 heterocycles. The smallest absolute Gasteiger partial charge is 0.293 e. The molecular formula is C18H26N6O. The summed E-state index contributed by atoms with van der Waals surface area (Å²) < 4.78 is 1.63. The Kier molecular flexibility index (Phi) is 4.81. The maximum absolute atomic E-state index is 12.9. The Hall–Kier alpha value is -2.18. The maximum atomic E-state index is 12.9. The van der Waals surface area contributed by atoms with Crippen LogP contribution in [0.15, 0.2) is 12.1 Å². The van der Waals surface area contributed by atoms with Crippen molar-refractivity contribution in [2.24, 2.45) is 0 Å². The summed E-state index contributed by atoms with van der Waals surface area (Å²) in [6, 6.07) is 3.91. The van der Waals surface area contributed by atoms with Gasteiger partial charge in [-0.3, -0.25) is 4.79 Å². The average Bonchev–Trinajstić information content (AvgIpc) is 2.85. The van der Waals surface area contributed by atoms with Gasteiger partial charge in [-0.1, -0.05) is 25.7 Å². The molecule has 7 nitrogen and oxygen atoms in total. The molecule has 134 valence electrons. The van der Waals surface area contributed by atoms with Gasteiger partial charge in [0.15, 0.2) is 5.65 Å². The van der Waals surface area contributed by atoms with Crippen molar-refractivity contribution in [3.05, 3.63) is 18.0 Å². The molecule has 0 radical (unpaired) electrons. The summed E-state index contributed by atoms with van der Waals surface area (Å²) in [4.78, 5) is 17.1. The molecule has 0 unspecified atom stereocenters. The highest BCUT2D eigenvalue weighted by molar-refractivity contribution is 5.91. The minimum atomic E-state index is -0.0464. The zero-order valence-electron chi connectivity index (χ0n) is 14.7. The number of amides is 1. The van der Waals surface area contributed by atoms with Crippen LogP contribution in [0, 0.1) is 0 Å². The highest BCUT2D eigenvalue weighted by Crippen LogP contribution is 2.19. The molecule has 0 bridgehead atoms. The summed E-state index contributed by atoms with van der Waals surface area (Å²) in [7, 11) is 0. The zero-order chi connectivity index (χ0) is 17.1. The number of aromatic nitrogens is 4. The van der Waals surface area contributed by atoms with Crippen molar-refractivity contribution >= 4 is 17.4 Å². The Morgan fingerprint density at radius 1 is 0.800 bits per heavy atom. The van der Waals surface area contributed by atoms with Crippen LogP contribution in [0.4, 0.5) is 5.82 Å². The number of anilines is 1. The van der Waals surface area contributed by atoms with Crippen LogP contribution >= 0.6 is 0 Å². The van der Waals surface area contributed by atoms with Gasteiger partial charge in [0.25, 0.3) is 5.91 Å². The predicted octanol–water partition coefficient (Wildman–Crippen LogP) is 2.52. The van der Waals surface area contributed by atoms with Crippen LogP contribution in [-0.2, 0) is 0 Å². The van der Waals surface area contributed by atoms with Crippen LogP contribution in [0.1, 0.15) is 62.0 Å².